The maximum absolute atomic E-state index is 13.2. The lowest BCUT2D eigenvalue weighted by molar-refractivity contribution is 0.102. The molecule has 0 saturated heterocycles. The van der Waals surface area contributed by atoms with Crippen molar-refractivity contribution in [1.82, 2.24) is 9.88 Å². The number of aromatic nitrogens is 1. The minimum atomic E-state index is -0.512. The Labute approximate surface area is 142 Å². The van der Waals surface area contributed by atoms with E-state index in [1.54, 1.807) is 24.8 Å². The van der Waals surface area contributed by atoms with Gasteiger partial charge in [-0.1, -0.05) is 0 Å². The molecule has 3 rings (SSSR count). The van der Waals surface area contributed by atoms with E-state index in [4.69, 9.17) is 5.41 Å². The van der Waals surface area contributed by atoms with Crippen LogP contribution in [0, 0.1) is 11.2 Å². The number of amides is 1. The number of halogens is 1. The van der Waals surface area contributed by atoms with E-state index in [0.29, 0.717) is 17.6 Å². The number of amidine groups is 1. The van der Waals surface area contributed by atoms with Crippen LogP contribution in [-0.4, -0.2) is 41.1 Å². The van der Waals surface area contributed by atoms with Crippen LogP contribution in [-0.2, 0) is 0 Å². The number of rotatable bonds is 5. The Morgan fingerprint density at radius 1 is 1.54 bits per heavy atom. The van der Waals surface area contributed by atoms with Crippen molar-refractivity contribution in [2.24, 2.45) is 4.99 Å². The Bertz CT molecular complexity index is 799. The molecule has 2 heterocycles. The van der Waals surface area contributed by atoms with Gasteiger partial charge in [0.1, 0.15) is 17.3 Å². The second-order valence-electron chi connectivity index (χ2n) is 5.37. The highest BCUT2D eigenvalue weighted by molar-refractivity contribution is 7.12. The molecule has 0 aliphatic heterocycles. The molecule has 2 aromatic rings. The molecule has 1 aliphatic carbocycles. The summed E-state index contributed by atoms with van der Waals surface area (Å²) < 4.78 is 13.2. The van der Waals surface area contributed by atoms with Crippen molar-refractivity contribution in [2.75, 3.05) is 12.4 Å². The smallest absolute Gasteiger partial charge is 0.274 e. The molecular weight excluding hydrogens is 329 g/mol. The van der Waals surface area contributed by atoms with Gasteiger partial charge in [0.25, 0.3) is 5.91 Å². The number of nitrogens with one attached hydrogen (secondary N) is 2. The first-order valence-corrected chi connectivity index (χ1v) is 8.27. The summed E-state index contributed by atoms with van der Waals surface area (Å²) in [5.41, 5.74) is 0.565. The Morgan fingerprint density at radius 3 is 3.00 bits per heavy atom. The summed E-state index contributed by atoms with van der Waals surface area (Å²) in [6, 6.07) is 4.32. The Hall–Kier alpha value is -2.61. The summed E-state index contributed by atoms with van der Waals surface area (Å²) >= 11 is 1.36. The van der Waals surface area contributed by atoms with Gasteiger partial charge in [0.2, 0.25) is 0 Å². The van der Waals surface area contributed by atoms with E-state index < -0.39 is 11.7 Å². The number of hydrogen-bond acceptors (Lipinski definition) is 5. The maximum atomic E-state index is 13.2. The van der Waals surface area contributed by atoms with Crippen molar-refractivity contribution >= 4 is 35.1 Å². The van der Waals surface area contributed by atoms with E-state index in [1.165, 1.54) is 23.6 Å². The minimum absolute atomic E-state index is 0.00977. The summed E-state index contributed by atoms with van der Waals surface area (Å²) in [5.74, 6) is -0.640. The number of aliphatic imine (C=N–C) groups is 1. The number of carbonyl (C=O) groups excluding carboxylic acids is 1. The SMILES string of the molecule is CN=CN(C(=N)c1cc(NC(=O)c2cc(F)ccn2)cs1)C1CC1. The van der Waals surface area contributed by atoms with E-state index in [1.807, 2.05) is 4.90 Å². The molecule has 1 aliphatic rings. The number of carbonyl (C=O) groups is 1. The Kier molecular flexibility index (Phi) is 4.66. The van der Waals surface area contributed by atoms with Crippen LogP contribution in [0.15, 0.2) is 34.8 Å². The van der Waals surface area contributed by atoms with Gasteiger partial charge in [-0.2, -0.15) is 0 Å². The number of anilines is 1. The fraction of sp³-hybridized carbons (Fsp3) is 0.250. The molecule has 0 unspecified atom stereocenters. The molecule has 1 amide bonds. The van der Waals surface area contributed by atoms with E-state index in [9.17, 15) is 9.18 Å². The van der Waals surface area contributed by atoms with E-state index in [2.05, 4.69) is 15.3 Å². The highest BCUT2D eigenvalue weighted by Crippen LogP contribution is 2.29. The molecule has 0 spiro atoms. The molecule has 0 bridgehead atoms. The molecule has 8 heteroatoms. The highest BCUT2D eigenvalue weighted by atomic mass is 32.1. The predicted molar refractivity (Wildman–Crippen MR) is 92.6 cm³/mol. The lowest BCUT2D eigenvalue weighted by atomic mass is 10.3. The lowest BCUT2D eigenvalue weighted by Gasteiger charge is -2.18. The summed E-state index contributed by atoms with van der Waals surface area (Å²) in [4.78, 5) is 22.5. The van der Waals surface area contributed by atoms with Crippen molar-refractivity contribution in [3.05, 3.63) is 46.2 Å². The molecule has 124 valence electrons. The summed E-state index contributed by atoms with van der Waals surface area (Å²) in [7, 11) is 1.68. The zero-order valence-corrected chi connectivity index (χ0v) is 13.8. The van der Waals surface area contributed by atoms with Crippen molar-refractivity contribution < 1.29 is 9.18 Å². The van der Waals surface area contributed by atoms with Crippen LogP contribution in [0.4, 0.5) is 10.1 Å². The van der Waals surface area contributed by atoms with Crippen molar-refractivity contribution in [1.29, 1.82) is 5.41 Å². The van der Waals surface area contributed by atoms with Gasteiger partial charge in [-0.3, -0.25) is 20.2 Å². The van der Waals surface area contributed by atoms with Gasteiger partial charge in [0.15, 0.2) is 0 Å². The first kappa shape index (κ1) is 16.3. The zero-order chi connectivity index (χ0) is 17.1. The minimum Gasteiger partial charge on any atom is -0.320 e. The maximum Gasteiger partial charge on any atom is 0.274 e. The number of thiophene rings is 1. The first-order chi connectivity index (χ1) is 11.6. The number of pyridine rings is 1. The van der Waals surface area contributed by atoms with E-state index >= 15 is 0 Å². The summed E-state index contributed by atoms with van der Waals surface area (Å²) in [6.07, 6.45) is 5.01. The van der Waals surface area contributed by atoms with E-state index in [0.717, 1.165) is 23.8 Å². The van der Waals surface area contributed by atoms with Gasteiger partial charge in [-0.25, -0.2) is 4.39 Å². The van der Waals surface area contributed by atoms with Gasteiger partial charge >= 0.3 is 0 Å². The highest BCUT2D eigenvalue weighted by Gasteiger charge is 2.30. The molecule has 24 heavy (non-hydrogen) atoms. The van der Waals surface area contributed by atoms with Crippen molar-refractivity contribution in [3.63, 3.8) is 0 Å². The first-order valence-electron chi connectivity index (χ1n) is 7.39. The monoisotopic (exact) mass is 345 g/mol. The molecule has 2 aromatic heterocycles. The average molecular weight is 345 g/mol. The van der Waals surface area contributed by atoms with Crippen LogP contribution < -0.4 is 5.32 Å². The fourth-order valence-corrected chi connectivity index (χ4v) is 2.98. The van der Waals surface area contributed by atoms with Gasteiger partial charge in [-0.05, 0) is 25.0 Å². The van der Waals surface area contributed by atoms with Crippen molar-refractivity contribution in [3.8, 4) is 0 Å². The quantitative estimate of drug-likeness (QED) is 0.646. The van der Waals surface area contributed by atoms with Gasteiger partial charge in [-0.15, -0.1) is 11.3 Å². The normalized spacial score (nSPS) is 13.9. The molecule has 6 nitrogen and oxygen atoms in total. The summed E-state index contributed by atoms with van der Waals surface area (Å²) in [5, 5.41) is 12.7. The van der Waals surface area contributed by atoms with E-state index in [-0.39, 0.29) is 5.69 Å². The number of hydrogen-bond donors (Lipinski definition) is 2. The topological polar surface area (TPSA) is 81.4 Å². The third-order valence-corrected chi connectivity index (χ3v) is 4.42. The molecular formula is C16H16FN5OS. The van der Waals surface area contributed by atoms with Crippen LogP contribution in [0.1, 0.15) is 28.2 Å². The molecule has 2 N–H and O–H groups in total. The van der Waals surface area contributed by atoms with Gasteiger partial charge < -0.3 is 10.2 Å². The van der Waals surface area contributed by atoms with Crippen molar-refractivity contribution in [2.45, 2.75) is 18.9 Å². The van der Waals surface area contributed by atoms with Crippen LogP contribution in [0.3, 0.4) is 0 Å². The third kappa shape index (κ3) is 3.65. The Balaban J connectivity index is 1.71. The standard InChI is InChI=1S/C16H16FN5OS/c1-19-9-22(12-2-3-12)15(18)14-7-11(8-24-14)21-16(23)13-6-10(17)4-5-20-13/h4-9,12,18H,2-3H2,1H3,(H,21,23). The third-order valence-electron chi connectivity index (χ3n) is 3.48. The van der Waals surface area contributed by atoms with Gasteiger partial charge in [0, 0.05) is 30.7 Å². The summed E-state index contributed by atoms with van der Waals surface area (Å²) in [6.45, 7) is 0. The lowest BCUT2D eigenvalue weighted by Crippen LogP contribution is -2.31. The van der Waals surface area contributed by atoms with Crippen LogP contribution in [0.25, 0.3) is 0 Å². The zero-order valence-electron chi connectivity index (χ0n) is 13.0. The van der Waals surface area contributed by atoms with Gasteiger partial charge in [0.05, 0.1) is 16.9 Å². The second kappa shape index (κ2) is 6.88. The molecule has 1 fully saturated rings. The molecule has 0 aromatic carbocycles. The van der Waals surface area contributed by atoms with Crippen LogP contribution in [0.2, 0.25) is 0 Å². The van der Waals surface area contributed by atoms with Crippen LogP contribution >= 0.6 is 11.3 Å². The van der Waals surface area contributed by atoms with Crippen LogP contribution in [0.5, 0.6) is 0 Å². The fourth-order valence-electron chi connectivity index (χ4n) is 2.19. The average Bonchev–Trinajstić information content (AvgIpc) is 3.30. The molecule has 0 atom stereocenters. The Morgan fingerprint density at radius 2 is 2.33 bits per heavy atom. The number of nitrogens with zero attached hydrogens (tertiary/aromatic N) is 3. The second-order valence-corrected chi connectivity index (χ2v) is 6.29. The molecule has 1 saturated carbocycles. The largest absolute Gasteiger partial charge is 0.320 e. The predicted octanol–water partition coefficient (Wildman–Crippen LogP) is 2.98. The molecule has 0 radical (unpaired) electrons.